The number of terminal acetylenes is 1. The Labute approximate surface area is 122 Å². The van der Waals surface area contributed by atoms with Crippen molar-refractivity contribution in [3.63, 3.8) is 0 Å². The number of likely N-dealkylation sites (tertiary alicyclic amines) is 1. The first-order valence-electron chi connectivity index (χ1n) is 7.40. The molecule has 0 amide bonds. The van der Waals surface area contributed by atoms with E-state index in [4.69, 9.17) is 11.2 Å². The quantitative estimate of drug-likeness (QED) is 0.770. The molecule has 1 heterocycles. The van der Waals surface area contributed by atoms with Crippen LogP contribution in [0.15, 0.2) is 24.3 Å². The molecule has 1 N–H and O–H groups in total. The van der Waals surface area contributed by atoms with Crippen molar-refractivity contribution in [2.75, 3.05) is 32.8 Å². The summed E-state index contributed by atoms with van der Waals surface area (Å²) in [6, 6.07) is 8.08. The molecule has 1 aromatic carbocycles. The van der Waals surface area contributed by atoms with E-state index in [1.54, 1.807) is 0 Å². The van der Waals surface area contributed by atoms with Crippen LogP contribution >= 0.6 is 0 Å². The summed E-state index contributed by atoms with van der Waals surface area (Å²) in [5, 5.41) is 3.55. The Kier molecular flexibility index (Phi) is 5.91. The predicted octanol–water partition coefficient (Wildman–Crippen LogP) is 2.13. The van der Waals surface area contributed by atoms with E-state index in [1.165, 1.54) is 31.6 Å². The van der Waals surface area contributed by atoms with Crippen molar-refractivity contribution in [1.82, 2.24) is 10.2 Å². The van der Waals surface area contributed by atoms with Crippen molar-refractivity contribution in [2.24, 2.45) is 5.92 Å². The molecular formula is C17H24N2O. The van der Waals surface area contributed by atoms with E-state index >= 15 is 0 Å². The summed E-state index contributed by atoms with van der Waals surface area (Å²) in [4.78, 5) is 2.51. The Hall–Kier alpha value is -1.50. The third kappa shape index (κ3) is 4.26. The van der Waals surface area contributed by atoms with Gasteiger partial charge in [-0.1, -0.05) is 31.0 Å². The third-order valence-corrected chi connectivity index (χ3v) is 3.85. The number of ether oxygens (including phenoxy) is 1. The topological polar surface area (TPSA) is 24.5 Å². The normalized spacial score (nSPS) is 18.9. The fourth-order valence-corrected chi connectivity index (χ4v) is 2.69. The minimum absolute atomic E-state index is 0.325. The molecule has 1 fully saturated rings. The average Bonchev–Trinajstić information content (AvgIpc) is 2.94. The standard InChI is InChI=1S/C17H24N2O/c1-3-11-20-17-8-6-5-7-16(17)13-18-12-15-9-10-19(4-2)14-15/h1,5-8,15,18H,4,9-14H2,2H3. The van der Waals surface area contributed by atoms with Crippen LogP contribution in [0.25, 0.3) is 0 Å². The molecule has 20 heavy (non-hydrogen) atoms. The second-order valence-electron chi connectivity index (χ2n) is 5.28. The first-order chi connectivity index (χ1) is 9.83. The summed E-state index contributed by atoms with van der Waals surface area (Å²) in [6.07, 6.45) is 6.54. The number of hydrogen-bond donors (Lipinski definition) is 1. The molecule has 1 aliphatic rings. The lowest BCUT2D eigenvalue weighted by atomic mass is 10.1. The van der Waals surface area contributed by atoms with Crippen molar-refractivity contribution < 1.29 is 4.74 Å². The molecule has 0 bridgehead atoms. The average molecular weight is 272 g/mol. The molecule has 1 aliphatic heterocycles. The van der Waals surface area contributed by atoms with Gasteiger partial charge in [0, 0.05) is 18.7 Å². The molecule has 2 rings (SSSR count). The van der Waals surface area contributed by atoms with E-state index < -0.39 is 0 Å². The number of nitrogens with zero attached hydrogens (tertiary/aromatic N) is 1. The molecule has 0 saturated carbocycles. The van der Waals surface area contributed by atoms with Gasteiger partial charge in [-0.3, -0.25) is 0 Å². The van der Waals surface area contributed by atoms with Crippen LogP contribution in [-0.2, 0) is 6.54 Å². The summed E-state index contributed by atoms with van der Waals surface area (Å²) in [6.45, 7) is 8.09. The zero-order valence-corrected chi connectivity index (χ0v) is 12.3. The van der Waals surface area contributed by atoms with Crippen LogP contribution in [0.3, 0.4) is 0 Å². The van der Waals surface area contributed by atoms with Gasteiger partial charge in [0.15, 0.2) is 0 Å². The van der Waals surface area contributed by atoms with E-state index in [2.05, 4.69) is 29.1 Å². The molecule has 0 radical (unpaired) electrons. The summed E-state index contributed by atoms with van der Waals surface area (Å²) in [7, 11) is 0. The van der Waals surface area contributed by atoms with E-state index in [1.807, 2.05) is 18.2 Å². The molecule has 0 aromatic heterocycles. The van der Waals surface area contributed by atoms with Gasteiger partial charge in [0.25, 0.3) is 0 Å². The van der Waals surface area contributed by atoms with Crippen LogP contribution in [0.5, 0.6) is 5.75 Å². The van der Waals surface area contributed by atoms with Crippen molar-refractivity contribution in [2.45, 2.75) is 19.9 Å². The van der Waals surface area contributed by atoms with Gasteiger partial charge in [-0.05, 0) is 38.0 Å². The number of para-hydroxylation sites is 1. The molecule has 1 unspecified atom stereocenters. The summed E-state index contributed by atoms with van der Waals surface area (Å²) >= 11 is 0. The van der Waals surface area contributed by atoms with Crippen molar-refractivity contribution in [3.05, 3.63) is 29.8 Å². The largest absolute Gasteiger partial charge is 0.481 e. The highest BCUT2D eigenvalue weighted by Gasteiger charge is 2.20. The zero-order valence-electron chi connectivity index (χ0n) is 12.3. The smallest absolute Gasteiger partial charge is 0.148 e. The van der Waals surface area contributed by atoms with E-state index in [0.717, 1.165) is 24.8 Å². The van der Waals surface area contributed by atoms with Crippen LogP contribution in [0.4, 0.5) is 0 Å². The second-order valence-corrected chi connectivity index (χ2v) is 5.28. The van der Waals surface area contributed by atoms with Crippen LogP contribution in [0.2, 0.25) is 0 Å². The SMILES string of the molecule is C#CCOc1ccccc1CNCC1CCN(CC)C1. The molecule has 3 heteroatoms. The maximum Gasteiger partial charge on any atom is 0.148 e. The zero-order chi connectivity index (χ0) is 14.2. The lowest BCUT2D eigenvalue weighted by Crippen LogP contribution is -2.26. The molecule has 3 nitrogen and oxygen atoms in total. The molecule has 0 aliphatic carbocycles. The highest BCUT2D eigenvalue weighted by molar-refractivity contribution is 5.33. The lowest BCUT2D eigenvalue weighted by molar-refractivity contribution is 0.338. The van der Waals surface area contributed by atoms with Gasteiger partial charge < -0.3 is 15.0 Å². The Morgan fingerprint density at radius 3 is 3.05 bits per heavy atom. The number of benzene rings is 1. The summed E-state index contributed by atoms with van der Waals surface area (Å²) in [5.74, 6) is 4.17. The first-order valence-corrected chi connectivity index (χ1v) is 7.40. The van der Waals surface area contributed by atoms with Gasteiger partial charge in [0.2, 0.25) is 0 Å². The fraction of sp³-hybridized carbons (Fsp3) is 0.529. The Bertz CT molecular complexity index is 453. The Balaban J connectivity index is 1.78. The van der Waals surface area contributed by atoms with Gasteiger partial charge in [0.1, 0.15) is 12.4 Å². The van der Waals surface area contributed by atoms with Crippen LogP contribution in [0, 0.1) is 18.3 Å². The van der Waals surface area contributed by atoms with Crippen LogP contribution < -0.4 is 10.1 Å². The number of hydrogen-bond acceptors (Lipinski definition) is 3. The van der Waals surface area contributed by atoms with Gasteiger partial charge in [-0.25, -0.2) is 0 Å². The highest BCUT2D eigenvalue weighted by atomic mass is 16.5. The third-order valence-electron chi connectivity index (χ3n) is 3.85. The Morgan fingerprint density at radius 2 is 2.30 bits per heavy atom. The fourth-order valence-electron chi connectivity index (χ4n) is 2.69. The molecule has 1 saturated heterocycles. The van der Waals surface area contributed by atoms with Crippen molar-refractivity contribution in [3.8, 4) is 18.1 Å². The monoisotopic (exact) mass is 272 g/mol. The lowest BCUT2D eigenvalue weighted by Gasteiger charge is -2.15. The van der Waals surface area contributed by atoms with E-state index in [0.29, 0.717) is 6.61 Å². The van der Waals surface area contributed by atoms with Gasteiger partial charge in [-0.2, -0.15) is 0 Å². The maximum atomic E-state index is 5.56. The molecular weight excluding hydrogens is 248 g/mol. The second kappa shape index (κ2) is 7.94. The minimum atomic E-state index is 0.325. The predicted molar refractivity (Wildman–Crippen MR) is 82.7 cm³/mol. The summed E-state index contributed by atoms with van der Waals surface area (Å²) in [5.41, 5.74) is 1.17. The minimum Gasteiger partial charge on any atom is -0.481 e. The maximum absolute atomic E-state index is 5.56. The van der Waals surface area contributed by atoms with Crippen LogP contribution in [-0.4, -0.2) is 37.7 Å². The van der Waals surface area contributed by atoms with Gasteiger partial charge >= 0.3 is 0 Å². The van der Waals surface area contributed by atoms with E-state index in [9.17, 15) is 0 Å². The van der Waals surface area contributed by atoms with Crippen LogP contribution in [0.1, 0.15) is 18.9 Å². The summed E-state index contributed by atoms with van der Waals surface area (Å²) < 4.78 is 5.56. The number of rotatable bonds is 7. The number of nitrogens with one attached hydrogen (secondary N) is 1. The molecule has 0 spiro atoms. The first kappa shape index (κ1) is 14.9. The molecule has 108 valence electrons. The van der Waals surface area contributed by atoms with Gasteiger partial charge in [0.05, 0.1) is 0 Å². The van der Waals surface area contributed by atoms with Crippen molar-refractivity contribution in [1.29, 1.82) is 0 Å². The van der Waals surface area contributed by atoms with Gasteiger partial charge in [-0.15, -0.1) is 6.42 Å². The Morgan fingerprint density at radius 1 is 1.45 bits per heavy atom. The van der Waals surface area contributed by atoms with Crippen molar-refractivity contribution >= 4 is 0 Å². The molecule has 1 aromatic rings. The van der Waals surface area contributed by atoms with E-state index in [-0.39, 0.29) is 0 Å². The highest BCUT2D eigenvalue weighted by Crippen LogP contribution is 2.18. The molecule has 1 atom stereocenters.